The van der Waals surface area contributed by atoms with Crippen molar-refractivity contribution >= 4 is 5.91 Å². The fraction of sp³-hybridized carbons (Fsp3) is 0.533. The van der Waals surface area contributed by atoms with Crippen LogP contribution in [0.15, 0.2) is 24.3 Å². The predicted octanol–water partition coefficient (Wildman–Crippen LogP) is 2.31. The summed E-state index contributed by atoms with van der Waals surface area (Å²) in [6, 6.07) is 7.67. The number of carbonyl (C=O) groups excluding carboxylic acids is 1. The van der Waals surface area contributed by atoms with Gasteiger partial charge in [0.25, 0.3) is 5.91 Å². The van der Waals surface area contributed by atoms with Crippen LogP contribution in [0.1, 0.15) is 25.8 Å². The van der Waals surface area contributed by atoms with Gasteiger partial charge in [-0.3, -0.25) is 4.79 Å². The molecule has 0 aliphatic carbocycles. The SMILES string of the molecule is CCOCCCNC(=O)[C@H](C)Oc1cccc(C)c1. The summed E-state index contributed by atoms with van der Waals surface area (Å²) >= 11 is 0. The minimum atomic E-state index is -0.492. The number of aryl methyl sites for hydroxylation is 1. The number of hydrogen-bond donors (Lipinski definition) is 1. The Labute approximate surface area is 115 Å². The highest BCUT2D eigenvalue weighted by molar-refractivity contribution is 5.80. The maximum Gasteiger partial charge on any atom is 0.260 e. The van der Waals surface area contributed by atoms with Crippen molar-refractivity contribution in [1.82, 2.24) is 5.32 Å². The molecule has 1 amide bonds. The van der Waals surface area contributed by atoms with Crippen LogP contribution in [0.2, 0.25) is 0 Å². The van der Waals surface area contributed by atoms with Crippen molar-refractivity contribution in [3.8, 4) is 5.75 Å². The molecule has 0 spiro atoms. The first-order chi connectivity index (χ1) is 9.13. The maximum absolute atomic E-state index is 11.8. The van der Waals surface area contributed by atoms with E-state index in [9.17, 15) is 4.79 Å². The lowest BCUT2D eigenvalue weighted by Gasteiger charge is -2.15. The lowest BCUT2D eigenvalue weighted by Crippen LogP contribution is -2.37. The zero-order valence-corrected chi connectivity index (χ0v) is 11.9. The van der Waals surface area contributed by atoms with E-state index in [1.54, 1.807) is 6.92 Å². The Hall–Kier alpha value is -1.55. The summed E-state index contributed by atoms with van der Waals surface area (Å²) in [6.45, 7) is 7.69. The van der Waals surface area contributed by atoms with Gasteiger partial charge in [0.2, 0.25) is 0 Å². The van der Waals surface area contributed by atoms with Crippen LogP contribution in [0.3, 0.4) is 0 Å². The molecule has 1 N–H and O–H groups in total. The van der Waals surface area contributed by atoms with Crippen molar-refractivity contribution < 1.29 is 14.3 Å². The molecule has 1 aromatic carbocycles. The summed E-state index contributed by atoms with van der Waals surface area (Å²) in [6.07, 6.45) is 0.324. The Morgan fingerprint density at radius 1 is 1.42 bits per heavy atom. The van der Waals surface area contributed by atoms with Gasteiger partial charge in [-0.1, -0.05) is 12.1 Å². The number of amides is 1. The topological polar surface area (TPSA) is 47.6 Å². The molecule has 0 saturated heterocycles. The van der Waals surface area contributed by atoms with Crippen LogP contribution in [-0.4, -0.2) is 31.8 Å². The van der Waals surface area contributed by atoms with Crippen LogP contribution in [0.5, 0.6) is 5.75 Å². The van der Waals surface area contributed by atoms with E-state index in [1.165, 1.54) is 0 Å². The molecule has 0 radical (unpaired) electrons. The van der Waals surface area contributed by atoms with Gasteiger partial charge in [-0.2, -0.15) is 0 Å². The predicted molar refractivity (Wildman–Crippen MR) is 75.4 cm³/mol. The van der Waals surface area contributed by atoms with E-state index in [4.69, 9.17) is 9.47 Å². The second-order valence-electron chi connectivity index (χ2n) is 4.42. The first kappa shape index (κ1) is 15.5. The Morgan fingerprint density at radius 3 is 2.89 bits per heavy atom. The van der Waals surface area contributed by atoms with Crippen molar-refractivity contribution in [2.45, 2.75) is 33.3 Å². The summed E-state index contributed by atoms with van der Waals surface area (Å²) in [5.74, 6) is 0.620. The molecule has 0 heterocycles. The highest BCUT2D eigenvalue weighted by Crippen LogP contribution is 2.14. The second-order valence-corrected chi connectivity index (χ2v) is 4.42. The van der Waals surface area contributed by atoms with Gasteiger partial charge in [-0.25, -0.2) is 0 Å². The van der Waals surface area contributed by atoms with Crippen molar-refractivity contribution in [1.29, 1.82) is 0 Å². The third-order valence-corrected chi connectivity index (χ3v) is 2.64. The quantitative estimate of drug-likeness (QED) is 0.734. The molecule has 0 saturated carbocycles. The molecule has 0 aliphatic heterocycles. The molecule has 4 nitrogen and oxygen atoms in total. The van der Waals surface area contributed by atoms with Crippen LogP contribution in [0.4, 0.5) is 0 Å². The van der Waals surface area contributed by atoms with E-state index in [0.29, 0.717) is 19.8 Å². The minimum Gasteiger partial charge on any atom is -0.481 e. The van der Waals surface area contributed by atoms with Gasteiger partial charge in [0.15, 0.2) is 6.10 Å². The van der Waals surface area contributed by atoms with Gasteiger partial charge in [0.05, 0.1) is 0 Å². The van der Waals surface area contributed by atoms with Gasteiger partial charge in [-0.05, 0) is 44.9 Å². The molecule has 19 heavy (non-hydrogen) atoms. The van der Waals surface area contributed by atoms with Crippen molar-refractivity contribution in [3.63, 3.8) is 0 Å². The normalized spacial score (nSPS) is 11.9. The molecule has 1 rings (SSSR count). The fourth-order valence-electron chi connectivity index (χ4n) is 1.62. The Bertz CT molecular complexity index is 393. The molecule has 0 aliphatic rings. The molecular weight excluding hydrogens is 242 g/mol. The van der Waals surface area contributed by atoms with Crippen LogP contribution in [-0.2, 0) is 9.53 Å². The Kier molecular flexibility index (Phi) is 6.97. The smallest absolute Gasteiger partial charge is 0.260 e. The molecule has 0 fully saturated rings. The van der Waals surface area contributed by atoms with E-state index in [-0.39, 0.29) is 5.91 Å². The van der Waals surface area contributed by atoms with Gasteiger partial charge >= 0.3 is 0 Å². The zero-order valence-electron chi connectivity index (χ0n) is 11.9. The largest absolute Gasteiger partial charge is 0.481 e. The lowest BCUT2D eigenvalue weighted by molar-refractivity contribution is -0.127. The van der Waals surface area contributed by atoms with E-state index >= 15 is 0 Å². The average Bonchev–Trinajstić information content (AvgIpc) is 2.38. The Balaban J connectivity index is 2.28. The summed E-state index contributed by atoms with van der Waals surface area (Å²) in [5.41, 5.74) is 1.11. The highest BCUT2D eigenvalue weighted by Gasteiger charge is 2.13. The van der Waals surface area contributed by atoms with E-state index in [0.717, 1.165) is 17.7 Å². The number of hydrogen-bond acceptors (Lipinski definition) is 3. The first-order valence-electron chi connectivity index (χ1n) is 6.72. The molecular formula is C15H23NO3. The monoisotopic (exact) mass is 265 g/mol. The highest BCUT2D eigenvalue weighted by atomic mass is 16.5. The summed E-state index contributed by atoms with van der Waals surface area (Å²) in [7, 11) is 0. The number of carbonyl (C=O) groups is 1. The number of benzene rings is 1. The zero-order chi connectivity index (χ0) is 14.1. The van der Waals surface area contributed by atoms with Crippen molar-refractivity contribution in [3.05, 3.63) is 29.8 Å². The maximum atomic E-state index is 11.8. The Morgan fingerprint density at radius 2 is 2.21 bits per heavy atom. The third kappa shape index (κ3) is 6.25. The van der Waals surface area contributed by atoms with Crippen LogP contribution in [0, 0.1) is 6.92 Å². The molecule has 4 heteroatoms. The molecule has 0 bridgehead atoms. The van der Waals surface area contributed by atoms with Gasteiger partial charge in [0, 0.05) is 19.8 Å². The van der Waals surface area contributed by atoms with Crippen LogP contribution in [0.25, 0.3) is 0 Å². The van der Waals surface area contributed by atoms with Gasteiger partial charge < -0.3 is 14.8 Å². The number of rotatable bonds is 8. The molecule has 0 unspecified atom stereocenters. The van der Waals surface area contributed by atoms with Crippen molar-refractivity contribution in [2.24, 2.45) is 0 Å². The van der Waals surface area contributed by atoms with Crippen LogP contribution < -0.4 is 10.1 Å². The minimum absolute atomic E-state index is 0.0991. The second kappa shape index (κ2) is 8.53. The van der Waals surface area contributed by atoms with Gasteiger partial charge in [-0.15, -0.1) is 0 Å². The number of ether oxygens (including phenoxy) is 2. The summed E-state index contributed by atoms with van der Waals surface area (Å²) < 4.78 is 10.8. The van der Waals surface area contributed by atoms with Gasteiger partial charge in [0.1, 0.15) is 5.75 Å². The van der Waals surface area contributed by atoms with E-state index in [1.807, 2.05) is 38.1 Å². The standard InChI is InChI=1S/C15H23NO3/c1-4-18-10-6-9-16-15(17)13(3)19-14-8-5-7-12(2)11-14/h5,7-8,11,13H,4,6,9-10H2,1-3H3,(H,16,17)/t13-/m0/s1. The van der Waals surface area contributed by atoms with E-state index in [2.05, 4.69) is 5.32 Å². The van der Waals surface area contributed by atoms with Crippen molar-refractivity contribution in [2.75, 3.05) is 19.8 Å². The molecule has 0 aromatic heterocycles. The molecule has 1 aromatic rings. The first-order valence-corrected chi connectivity index (χ1v) is 6.72. The summed E-state index contributed by atoms with van der Waals surface area (Å²) in [5, 5.41) is 2.83. The third-order valence-electron chi connectivity index (χ3n) is 2.64. The lowest BCUT2D eigenvalue weighted by atomic mass is 10.2. The number of nitrogens with one attached hydrogen (secondary N) is 1. The molecule has 106 valence electrons. The average molecular weight is 265 g/mol. The van der Waals surface area contributed by atoms with E-state index < -0.39 is 6.10 Å². The fourth-order valence-corrected chi connectivity index (χ4v) is 1.62. The van der Waals surface area contributed by atoms with Crippen LogP contribution >= 0.6 is 0 Å². The summed E-state index contributed by atoms with van der Waals surface area (Å²) in [4.78, 5) is 11.8. The molecule has 1 atom stereocenters.